The minimum atomic E-state index is -0.242. The molecule has 2 amide bonds. The molecule has 7 heteroatoms. The summed E-state index contributed by atoms with van der Waals surface area (Å²) in [6.07, 6.45) is 3.94. The fraction of sp³-hybridized carbons (Fsp3) is 0.0714. The van der Waals surface area contributed by atoms with Crippen LogP contribution in [-0.2, 0) is 11.3 Å². The number of nitrogens with one attached hydrogen (secondary N) is 2. The van der Waals surface area contributed by atoms with Crippen molar-refractivity contribution in [1.29, 1.82) is 0 Å². The molecule has 0 radical (unpaired) electrons. The molecule has 4 N–H and O–H groups in total. The Hall–Kier alpha value is -3.81. The van der Waals surface area contributed by atoms with Crippen LogP contribution in [0.15, 0.2) is 94.5 Å². The molecule has 1 aromatic heterocycles. The number of nitrogens with two attached hydrogens (primary N) is 1. The van der Waals surface area contributed by atoms with Crippen LogP contribution < -0.4 is 16.4 Å². The van der Waals surface area contributed by atoms with E-state index < -0.39 is 0 Å². The zero-order valence-corrected chi connectivity index (χ0v) is 20.8. The van der Waals surface area contributed by atoms with E-state index in [0.29, 0.717) is 29.1 Å². The van der Waals surface area contributed by atoms with Crippen LogP contribution in [0.1, 0.15) is 27.0 Å². The van der Waals surface area contributed by atoms with Crippen LogP contribution in [-0.4, -0.2) is 18.1 Å². The Kier molecular flexibility index (Phi) is 8.03. The highest BCUT2D eigenvalue weighted by atomic mass is 32.2. The topological polar surface area (TPSA) is 84.2 Å². The van der Waals surface area contributed by atoms with Crippen molar-refractivity contribution in [3.63, 3.8) is 0 Å². The average molecular weight is 500 g/mol. The first-order valence-electron chi connectivity index (χ1n) is 10.9. The highest BCUT2D eigenvalue weighted by Crippen LogP contribution is 2.23. The van der Waals surface area contributed by atoms with Gasteiger partial charge in [0.1, 0.15) is 0 Å². The van der Waals surface area contributed by atoms with Crippen LogP contribution in [0.3, 0.4) is 0 Å². The maximum atomic E-state index is 13.1. The molecule has 1 heterocycles. The predicted octanol–water partition coefficient (Wildman–Crippen LogP) is 6.16. The monoisotopic (exact) mass is 499 g/mol. The highest BCUT2D eigenvalue weighted by molar-refractivity contribution is 7.98. The molecular weight excluding hydrogens is 474 g/mol. The van der Waals surface area contributed by atoms with Crippen LogP contribution in [0.25, 0.3) is 11.6 Å². The Morgan fingerprint density at radius 1 is 0.943 bits per heavy atom. The average Bonchev–Trinajstić information content (AvgIpc) is 3.42. The summed E-state index contributed by atoms with van der Waals surface area (Å²) in [5.41, 5.74) is 10.8. The van der Waals surface area contributed by atoms with Crippen molar-refractivity contribution >= 4 is 57.9 Å². The minimum Gasteiger partial charge on any atom is -0.397 e. The third kappa shape index (κ3) is 6.41. The summed E-state index contributed by atoms with van der Waals surface area (Å²) in [6.45, 7) is 0.346. The lowest BCUT2D eigenvalue weighted by atomic mass is 10.0. The van der Waals surface area contributed by atoms with Crippen LogP contribution in [0.5, 0.6) is 0 Å². The lowest BCUT2D eigenvalue weighted by molar-refractivity contribution is -0.115. The number of hydrogen-bond donors (Lipinski definition) is 3. The molecule has 176 valence electrons. The van der Waals surface area contributed by atoms with E-state index in [1.165, 1.54) is 4.90 Å². The molecule has 0 unspecified atom stereocenters. The number of nitrogen functional groups attached to an aromatic ring is 1. The Morgan fingerprint density at radius 3 is 2.34 bits per heavy atom. The normalized spacial score (nSPS) is 11.2. The van der Waals surface area contributed by atoms with Gasteiger partial charge in [0.2, 0.25) is 0 Å². The van der Waals surface area contributed by atoms with Crippen molar-refractivity contribution < 1.29 is 9.59 Å². The molecule has 0 bridgehead atoms. The van der Waals surface area contributed by atoms with Gasteiger partial charge in [0, 0.05) is 22.6 Å². The second kappa shape index (κ2) is 11.6. The van der Waals surface area contributed by atoms with Gasteiger partial charge < -0.3 is 16.4 Å². The second-order valence-electron chi connectivity index (χ2n) is 7.76. The summed E-state index contributed by atoms with van der Waals surface area (Å²) in [5, 5.41) is 9.74. The zero-order valence-electron chi connectivity index (χ0n) is 19.2. The van der Waals surface area contributed by atoms with E-state index in [4.69, 9.17) is 5.73 Å². The summed E-state index contributed by atoms with van der Waals surface area (Å²) in [6, 6.07) is 24.3. The first-order chi connectivity index (χ1) is 17.0. The molecule has 5 nitrogen and oxygen atoms in total. The fourth-order valence-corrected chi connectivity index (χ4v) is 4.49. The number of carbonyl (C=O) groups is 2. The number of rotatable bonds is 8. The van der Waals surface area contributed by atoms with Gasteiger partial charge in [-0.05, 0) is 82.2 Å². The van der Waals surface area contributed by atoms with Crippen LogP contribution in [0.4, 0.5) is 11.4 Å². The van der Waals surface area contributed by atoms with Crippen molar-refractivity contribution in [3.05, 3.63) is 112 Å². The van der Waals surface area contributed by atoms with E-state index >= 15 is 0 Å². The van der Waals surface area contributed by atoms with Gasteiger partial charge >= 0.3 is 0 Å². The summed E-state index contributed by atoms with van der Waals surface area (Å²) < 4.78 is 0. The number of para-hydroxylation sites is 2. The Morgan fingerprint density at radius 2 is 1.69 bits per heavy atom. The van der Waals surface area contributed by atoms with E-state index in [9.17, 15) is 9.59 Å². The molecule has 0 spiro atoms. The summed E-state index contributed by atoms with van der Waals surface area (Å²) in [7, 11) is 0. The van der Waals surface area contributed by atoms with Crippen molar-refractivity contribution in [1.82, 2.24) is 5.32 Å². The van der Waals surface area contributed by atoms with Gasteiger partial charge in [-0.3, -0.25) is 9.59 Å². The maximum Gasteiger partial charge on any atom is 0.255 e. The molecule has 4 rings (SSSR count). The SMILES string of the molecule is CSc1ccc(/C=C(/C(=O)NCc2ccc(C(=O)Nc3ccccc3N)cc2)c2ccsc2)cc1. The molecule has 3 aromatic carbocycles. The van der Waals surface area contributed by atoms with E-state index in [1.807, 2.05) is 77.7 Å². The Balaban J connectivity index is 1.42. The molecule has 0 aliphatic rings. The molecule has 0 aliphatic heterocycles. The van der Waals surface area contributed by atoms with Crippen LogP contribution in [0.2, 0.25) is 0 Å². The first-order valence-corrected chi connectivity index (χ1v) is 13.1. The van der Waals surface area contributed by atoms with E-state index in [1.54, 1.807) is 47.4 Å². The van der Waals surface area contributed by atoms with Gasteiger partial charge in [-0.2, -0.15) is 11.3 Å². The van der Waals surface area contributed by atoms with Gasteiger partial charge in [0.25, 0.3) is 11.8 Å². The van der Waals surface area contributed by atoms with E-state index in [2.05, 4.69) is 10.6 Å². The first kappa shape index (κ1) is 24.3. The molecule has 0 aliphatic carbocycles. The van der Waals surface area contributed by atoms with Gasteiger partial charge in [-0.15, -0.1) is 11.8 Å². The summed E-state index contributed by atoms with van der Waals surface area (Å²) >= 11 is 3.23. The van der Waals surface area contributed by atoms with Crippen molar-refractivity contribution in [3.8, 4) is 0 Å². The fourth-order valence-electron chi connectivity index (χ4n) is 3.42. The molecular formula is C28H25N3O2S2. The number of carbonyl (C=O) groups excluding carboxylic acids is 2. The van der Waals surface area contributed by atoms with E-state index in [0.717, 1.165) is 16.7 Å². The van der Waals surface area contributed by atoms with Crippen LogP contribution in [0, 0.1) is 0 Å². The molecule has 4 aromatic rings. The lowest BCUT2D eigenvalue weighted by Gasteiger charge is -2.10. The zero-order chi connectivity index (χ0) is 24.6. The van der Waals surface area contributed by atoms with Gasteiger partial charge in [-0.25, -0.2) is 0 Å². The van der Waals surface area contributed by atoms with Crippen molar-refractivity contribution in [2.45, 2.75) is 11.4 Å². The minimum absolute atomic E-state index is 0.154. The molecule has 0 saturated heterocycles. The number of benzene rings is 3. The number of amides is 2. The largest absolute Gasteiger partial charge is 0.397 e. The number of hydrogen-bond acceptors (Lipinski definition) is 5. The molecule has 0 atom stereocenters. The highest BCUT2D eigenvalue weighted by Gasteiger charge is 2.13. The smallest absolute Gasteiger partial charge is 0.255 e. The number of thioether (sulfide) groups is 1. The third-order valence-electron chi connectivity index (χ3n) is 5.38. The Labute approximate surface area is 213 Å². The van der Waals surface area contributed by atoms with E-state index in [-0.39, 0.29) is 11.8 Å². The number of thiophene rings is 1. The van der Waals surface area contributed by atoms with Gasteiger partial charge in [-0.1, -0.05) is 36.4 Å². The quantitative estimate of drug-likeness (QED) is 0.154. The Bertz CT molecular complexity index is 1330. The lowest BCUT2D eigenvalue weighted by Crippen LogP contribution is -2.23. The van der Waals surface area contributed by atoms with Gasteiger partial charge in [0.05, 0.1) is 11.4 Å². The maximum absolute atomic E-state index is 13.1. The van der Waals surface area contributed by atoms with Crippen LogP contribution >= 0.6 is 23.1 Å². The van der Waals surface area contributed by atoms with Crippen molar-refractivity contribution in [2.75, 3.05) is 17.3 Å². The van der Waals surface area contributed by atoms with Gasteiger partial charge in [0.15, 0.2) is 0 Å². The predicted molar refractivity (Wildman–Crippen MR) is 148 cm³/mol. The third-order valence-corrected chi connectivity index (χ3v) is 6.81. The molecule has 0 saturated carbocycles. The number of anilines is 2. The second-order valence-corrected chi connectivity index (χ2v) is 9.42. The molecule has 0 fully saturated rings. The summed E-state index contributed by atoms with van der Waals surface area (Å²) in [5.74, 6) is -0.396. The molecule has 35 heavy (non-hydrogen) atoms. The van der Waals surface area contributed by atoms with Crippen molar-refractivity contribution in [2.24, 2.45) is 0 Å². The summed E-state index contributed by atoms with van der Waals surface area (Å²) in [4.78, 5) is 26.8. The standard InChI is InChI=1S/C28H25N3O2S2/c1-34-23-12-8-19(9-13-23)16-24(22-14-15-35-18-22)28(33)30-17-20-6-10-21(11-7-20)27(32)31-26-5-3-2-4-25(26)29/h2-16,18H,17,29H2,1H3,(H,30,33)(H,31,32)/b24-16+.